The highest BCUT2D eigenvalue weighted by Gasteiger charge is 2.19. The lowest BCUT2D eigenvalue weighted by Crippen LogP contribution is -2.15. The van der Waals surface area contributed by atoms with E-state index in [1.807, 2.05) is 27.7 Å². The van der Waals surface area contributed by atoms with E-state index in [4.69, 9.17) is 21.1 Å². The number of carbonyl (C=O) groups is 1. The molecular formula is C15H21ClO3. The Kier molecular flexibility index (Phi) is 5.67. The summed E-state index contributed by atoms with van der Waals surface area (Å²) in [5, 5.41) is -0.577. The molecule has 0 bridgehead atoms. The van der Waals surface area contributed by atoms with Crippen molar-refractivity contribution < 1.29 is 14.3 Å². The molecule has 19 heavy (non-hydrogen) atoms. The molecule has 1 atom stereocenters. The van der Waals surface area contributed by atoms with Crippen LogP contribution in [0.3, 0.4) is 0 Å². The number of alkyl halides is 1. The molecule has 0 aliphatic heterocycles. The summed E-state index contributed by atoms with van der Waals surface area (Å²) in [6.45, 7) is 9.37. The summed E-state index contributed by atoms with van der Waals surface area (Å²) >= 11 is 5.86. The average molecular weight is 285 g/mol. The summed E-state index contributed by atoms with van der Waals surface area (Å²) in [4.78, 5) is 12.0. The first-order valence-electron chi connectivity index (χ1n) is 6.47. The Balaban J connectivity index is 3.12. The molecule has 1 aromatic rings. The highest BCUT2D eigenvalue weighted by atomic mass is 35.5. The Morgan fingerprint density at radius 2 is 1.63 bits per heavy atom. The van der Waals surface area contributed by atoms with E-state index in [-0.39, 0.29) is 18.0 Å². The van der Waals surface area contributed by atoms with Crippen molar-refractivity contribution in [3.05, 3.63) is 23.8 Å². The number of ether oxygens (including phenoxy) is 2. The number of halogens is 1. The third-order valence-corrected chi connectivity index (χ3v) is 2.51. The number of benzene rings is 1. The fourth-order valence-electron chi connectivity index (χ4n) is 1.62. The van der Waals surface area contributed by atoms with Gasteiger partial charge in [0, 0.05) is 6.07 Å². The molecule has 1 unspecified atom stereocenters. The van der Waals surface area contributed by atoms with Crippen LogP contribution in [0.15, 0.2) is 18.2 Å². The summed E-state index contributed by atoms with van der Waals surface area (Å²) in [6.07, 6.45) is 0.0480. The van der Waals surface area contributed by atoms with Gasteiger partial charge >= 0.3 is 0 Å². The largest absolute Gasteiger partial charge is 0.491 e. The summed E-state index contributed by atoms with van der Waals surface area (Å²) in [7, 11) is 0. The molecule has 0 aliphatic carbocycles. The van der Waals surface area contributed by atoms with Crippen molar-refractivity contribution in [3.63, 3.8) is 0 Å². The fourth-order valence-corrected chi connectivity index (χ4v) is 1.73. The van der Waals surface area contributed by atoms with Crippen molar-refractivity contribution in [2.24, 2.45) is 0 Å². The van der Waals surface area contributed by atoms with Crippen LogP contribution in [-0.4, -0.2) is 23.4 Å². The molecule has 3 nitrogen and oxygen atoms in total. The van der Waals surface area contributed by atoms with E-state index >= 15 is 0 Å². The summed E-state index contributed by atoms with van der Waals surface area (Å²) in [5.74, 6) is 1.06. The number of hydrogen-bond acceptors (Lipinski definition) is 3. The lowest BCUT2D eigenvalue weighted by Gasteiger charge is -2.17. The van der Waals surface area contributed by atoms with Crippen molar-refractivity contribution in [1.82, 2.24) is 0 Å². The van der Waals surface area contributed by atoms with E-state index in [0.717, 1.165) is 0 Å². The number of Topliss-reactive ketones (excluding diaryl/α,β-unsaturated/α-hetero) is 1. The van der Waals surface area contributed by atoms with Crippen LogP contribution in [0.4, 0.5) is 0 Å². The van der Waals surface area contributed by atoms with E-state index in [1.54, 1.807) is 25.1 Å². The number of ketones is 1. The summed E-state index contributed by atoms with van der Waals surface area (Å²) in [5.41, 5.74) is 0.493. The van der Waals surface area contributed by atoms with Gasteiger partial charge in [-0.3, -0.25) is 4.79 Å². The van der Waals surface area contributed by atoms with Crippen molar-refractivity contribution in [1.29, 1.82) is 0 Å². The molecule has 1 rings (SSSR count). The smallest absolute Gasteiger partial charge is 0.184 e. The maximum absolute atomic E-state index is 12.0. The van der Waals surface area contributed by atoms with E-state index in [1.165, 1.54) is 0 Å². The van der Waals surface area contributed by atoms with E-state index in [9.17, 15) is 4.79 Å². The second-order valence-corrected chi connectivity index (χ2v) is 5.63. The van der Waals surface area contributed by atoms with Crippen LogP contribution in [0.1, 0.15) is 45.0 Å². The SMILES string of the molecule is CC(C)Oc1ccc(C(=O)C(C)Cl)c(OC(C)C)c1. The van der Waals surface area contributed by atoms with Gasteiger partial charge < -0.3 is 9.47 Å². The van der Waals surface area contributed by atoms with Gasteiger partial charge in [-0.1, -0.05) is 0 Å². The molecule has 0 saturated heterocycles. The first kappa shape index (κ1) is 15.8. The molecule has 0 aliphatic rings. The van der Waals surface area contributed by atoms with Gasteiger partial charge in [-0.25, -0.2) is 0 Å². The summed E-state index contributed by atoms with van der Waals surface area (Å²) in [6, 6.07) is 5.21. The van der Waals surface area contributed by atoms with Gasteiger partial charge in [0.25, 0.3) is 0 Å². The van der Waals surface area contributed by atoms with Crippen molar-refractivity contribution in [3.8, 4) is 11.5 Å². The third kappa shape index (κ3) is 4.75. The van der Waals surface area contributed by atoms with Gasteiger partial charge in [0.05, 0.1) is 23.1 Å². The van der Waals surface area contributed by atoms with Gasteiger partial charge in [0.1, 0.15) is 11.5 Å². The second-order valence-electron chi connectivity index (χ2n) is 4.97. The van der Waals surface area contributed by atoms with Crippen LogP contribution >= 0.6 is 11.6 Å². The first-order valence-corrected chi connectivity index (χ1v) is 6.90. The zero-order valence-corrected chi connectivity index (χ0v) is 12.8. The predicted molar refractivity (Wildman–Crippen MR) is 77.6 cm³/mol. The molecule has 1 aromatic carbocycles. The van der Waals surface area contributed by atoms with Crippen molar-refractivity contribution >= 4 is 17.4 Å². The Morgan fingerprint density at radius 3 is 2.11 bits per heavy atom. The maximum Gasteiger partial charge on any atom is 0.184 e. The molecule has 0 saturated carbocycles. The highest BCUT2D eigenvalue weighted by Crippen LogP contribution is 2.28. The summed E-state index contributed by atoms with van der Waals surface area (Å²) < 4.78 is 11.3. The monoisotopic (exact) mass is 284 g/mol. The Labute approximate surface area is 119 Å². The Morgan fingerprint density at radius 1 is 1.05 bits per heavy atom. The van der Waals surface area contributed by atoms with E-state index < -0.39 is 5.38 Å². The Bertz CT molecular complexity index is 439. The molecular weight excluding hydrogens is 264 g/mol. The van der Waals surface area contributed by atoms with Crippen LogP contribution in [0.2, 0.25) is 0 Å². The molecule has 0 spiro atoms. The highest BCUT2D eigenvalue weighted by molar-refractivity contribution is 6.33. The normalized spacial score (nSPS) is 12.6. The minimum Gasteiger partial charge on any atom is -0.491 e. The van der Waals surface area contributed by atoms with Crippen LogP contribution in [0, 0.1) is 0 Å². The second kappa shape index (κ2) is 6.80. The van der Waals surface area contributed by atoms with Crippen LogP contribution < -0.4 is 9.47 Å². The fraction of sp³-hybridized carbons (Fsp3) is 0.533. The molecule has 0 N–H and O–H groups in total. The molecule has 0 radical (unpaired) electrons. The lowest BCUT2D eigenvalue weighted by atomic mass is 10.1. The van der Waals surface area contributed by atoms with Crippen LogP contribution in [-0.2, 0) is 0 Å². The van der Waals surface area contributed by atoms with Gasteiger partial charge in [-0.05, 0) is 46.8 Å². The lowest BCUT2D eigenvalue weighted by molar-refractivity contribution is 0.0986. The maximum atomic E-state index is 12.0. The van der Waals surface area contributed by atoms with Gasteiger partial charge in [0.2, 0.25) is 0 Å². The average Bonchev–Trinajstić information content (AvgIpc) is 2.26. The van der Waals surface area contributed by atoms with E-state index in [0.29, 0.717) is 17.1 Å². The van der Waals surface area contributed by atoms with Gasteiger partial charge in [-0.15, -0.1) is 11.6 Å². The number of rotatable bonds is 6. The number of hydrogen-bond donors (Lipinski definition) is 0. The van der Waals surface area contributed by atoms with E-state index in [2.05, 4.69) is 0 Å². The quantitative estimate of drug-likeness (QED) is 0.583. The molecule has 4 heteroatoms. The Hall–Kier alpha value is -1.22. The molecule has 0 heterocycles. The van der Waals surface area contributed by atoms with Crippen LogP contribution in [0.5, 0.6) is 11.5 Å². The minimum atomic E-state index is -0.577. The van der Waals surface area contributed by atoms with Crippen molar-refractivity contribution in [2.75, 3.05) is 0 Å². The first-order chi connectivity index (χ1) is 8.81. The van der Waals surface area contributed by atoms with Gasteiger partial charge in [-0.2, -0.15) is 0 Å². The van der Waals surface area contributed by atoms with Crippen molar-refractivity contribution in [2.45, 2.75) is 52.2 Å². The zero-order chi connectivity index (χ0) is 14.6. The zero-order valence-electron chi connectivity index (χ0n) is 12.1. The number of carbonyl (C=O) groups excluding carboxylic acids is 1. The molecule has 0 fully saturated rings. The minimum absolute atomic E-state index is 0.0218. The molecule has 0 aromatic heterocycles. The predicted octanol–water partition coefficient (Wildman–Crippen LogP) is 4.07. The standard InChI is InChI=1S/C15H21ClO3/c1-9(2)18-12-6-7-13(15(17)11(5)16)14(8-12)19-10(3)4/h6-11H,1-5H3. The topological polar surface area (TPSA) is 35.5 Å². The molecule has 106 valence electrons. The molecule has 0 amide bonds. The van der Waals surface area contributed by atoms with Crippen LogP contribution in [0.25, 0.3) is 0 Å². The van der Waals surface area contributed by atoms with Gasteiger partial charge in [0.15, 0.2) is 5.78 Å². The third-order valence-electron chi connectivity index (χ3n) is 2.31.